The van der Waals surface area contributed by atoms with E-state index in [0.29, 0.717) is 37.9 Å². The van der Waals surface area contributed by atoms with Crippen molar-refractivity contribution in [2.45, 2.75) is 30.6 Å². The fraction of sp³-hybridized carbons (Fsp3) is 0.296. The molecule has 0 radical (unpaired) electrons. The van der Waals surface area contributed by atoms with Crippen molar-refractivity contribution in [3.63, 3.8) is 0 Å². The average Bonchev–Trinajstić information content (AvgIpc) is 2.91. The van der Waals surface area contributed by atoms with Gasteiger partial charge in [-0.2, -0.15) is 0 Å². The molecule has 8 nitrogen and oxygen atoms in total. The first-order chi connectivity index (χ1) is 18.1. The largest absolute Gasteiger partial charge is 0.326 e. The van der Waals surface area contributed by atoms with Gasteiger partial charge in [0.05, 0.1) is 27.3 Å². The van der Waals surface area contributed by atoms with Crippen molar-refractivity contribution in [1.82, 2.24) is 4.31 Å². The first-order valence-electron chi connectivity index (χ1n) is 12.3. The van der Waals surface area contributed by atoms with Gasteiger partial charge in [-0.15, -0.1) is 0 Å². The molecule has 1 aliphatic heterocycles. The Bertz CT molecular complexity index is 1460. The van der Waals surface area contributed by atoms with E-state index in [1.54, 1.807) is 24.3 Å². The Morgan fingerprint density at radius 2 is 1.61 bits per heavy atom. The number of aryl methyl sites for hydroxylation is 1. The number of nitrogens with one attached hydrogen (secondary N) is 2. The standard InChI is InChI=1S/C27H30ClN3O5S2/c28-25-12-4-5-13-26(25)30-38(35,36)24-16-14-23(15-17-24)29-27(32)22-11-6-18-31(20-22)37(33,34)19-7-10-21-8-2-1-3-9-21/h1-5,8-9,12-17,22,30H,6-7,10-11,18-20H2,(H,29,32). The highest BCUT2D eigenvalue weighted by Crippen LogP contribution is 2.25. The third-order valence-electron chi connectivity index (χ3n) is 6.41. The third kappa shape index (κ3) is 7.35. The van der Waals surface area contributed by atoms with Crippen LogP contribution in [0.5, 0.6) is 0 Å². The summed E-state index contributed by atoms with van der Waals surface area (Å²) in [6.45, 7) is 0.538. The summed E-state index contributed by atoms with van der Waals surface area (Å²) in [4.78, 5) is 12.9. The summed E-state index contributed by atoms with van der Waals surface area (Å²) < 4.78 is 55.1. The number of carbonyl (C=O) groups is 1. The van der Waals surface area contributed by atoms with Gasteiger partial charge in [-0.05, 0) is 67.6 Å². The molecule has 11 heteroatoms. The number of nitrogens with zero attached hydrogens (tertiary/aromatic N) is 1. The molecule has 0 spiro atoms. The lowest BCUT2D eigenvalue weighted by Crippen LogP contribution is -2.44. The van der Waals surface area contributed by atoms with Gasteiger partial charge in [-0.3, -0.25) is 9.52 Å². The van der Waals surface area contributed by atoms with Gasteiger partial charge in [0, 0.05) is 18.8 Å². The van der Waals surface area contributed by atoms with Gasteiger partial charge in [0.15, 0.2) is 0 Å². The molecule has 38 heavy (non-hydrogen) atoms. The molecule has 4 rings (SSSR count). The monoisotopic (exact) mass is 575 g/mol. The maximum atomic E-state index is 12.9. The summed E-state index contributed by atoms with van der Waals surface area (Å²) in [5.74, 6) is -0.745. The van der Waals surface area contributed by atoms with Crippen LogP contribution in [0.2, 0.25) is 5.02 Å². The zero-order chi connectivity index (χ0) is 27.2. The van der Waals surface area contributed by atoms with Gasteiger partial charge in [-0.1, -0.05) is 54.1 Å². The van der Waals surface area contributed by atoms with Crippen LogP contribution in [0.15, 0.2) is 83.8 Å². The lowest BCUT2D eigenvalue weighted by atomic mass is 9.99. The molecule has 3 aromatic carbocycles. The van der Waals surface area contributed by atoms with Crippen LogP contribution in [-0.4, -0.2) is 45.9 Å². The molecule has 0 saturated carbocycles. The van der Waals surface area contributed by atoms with Crippen LogP contribution in [-0.2, 0) is 31.3 Å². The van der Waals surface area contributed by atoms with E-state index in [9.17, 15) is 21.6 Å². The van der Waals surface area contributed by atoms with E-state index in [-0.39, 0.29) is 33.8 Å². The van der Waals surface area contributed by atoms with Crippen LogP contribution >= 0.6 is 11.6 Å². The van der Waals surface area contributed by atoms with Crippen molar-refractivity contribution in [3.8, 4) is 0 Å². The summed E-state index contributed by atoms with van der Waals surface area (Å²) in [7, 11) is -7.34. The van der Waals surface area contributed by atoms with Crippen LogP contribution in [0.1, 0.15) is 24.8 Å². The van der Waals surface area contributed by atoms with Gasteiger partial charge >= 0.3 is 0 Å². The predicted molar refractivity (Wildman–Crippen MR) is 150 cm³/mol. The van der Waals surface area contributed by atoms with Gasteiger partial charge < -0.3 is 5.32 Å². The number of para-hydroxylation sites is 1. The first-order valence-corrected chi connectivity index (χ1v) is 15.8. The Balaban J connectivity index is 1.32. The van der Waals surface area contributed by atoms with Crippen LogP contribution in [0, 0.1) is 5.92 Å². The predicted octanol–water partition coefficient (Wildman–Crippen LogP) is 4.75. The molecule has 0 aliphatic carbocycles. The van der Waals surface area contributed by atoms with Gasteiger partial charge in [0.2, 0.25) is 15.9 Å². The van der Waals surface area contributed by atoms with Gasteiger partial charge in [0.25, 0.3) is 10.0 Å². The molecule has 1 unspecified atom stereocenters. The molecule has 0 aromatic heterocycles. The number of anilines is 2. The third-order valence-corrected chi connectivity index (χ3v) is 10.0. The number of halogens is 1. The maximum Gasteiger partial charge on any atom is 0.261 e. The molecule has 1 aliphatic rings. The Kier molecular flexibility index (Phi) is 9.09. The number of rotatable bonds is 10. The van der Waals surface area contributed by atoms with Crippen molar-refractivity contribution < 1.29 is 21.6 Å². The number of amides is 1. The van der Waals surface area contributed by atoms with E-state index in [2.05, 4.69) is 10.0 Å². The normalized spacial score (nSPS) is 16.6. The Labute approximate surface area is 229 Å². The SMILES string of the molecule is O=C(Nc1ccc(S(=O)(=O)Nc2ccccc2Cl)cc1)C1CCCN(S(=O)(=O)CCCc2ccccc2)C1. The number of hydrogen-bond donors (Lipinski definition) is 2. The van der Waals surface area contributed by atoms with Crippen molar-refractivity contribution >= 4 is 48.9 Å². The quantitative estimate of drug-likeness (QED) is 0.362. The van der Waals surface area contributed by atoms with Crippen LogP contribution in [0.25, 0.3) is 0 Å². The Morgan fingerprint density at radius 1 is 0.921 bits per heavy atom. The summed E-state index contributed by atoms with van der Waals surface area (Å²) in [6, 6.07) is 22.0. The second kappa shape index (κ2) is 12.3. The highest BCUT2D eigenvalue weighted by atomic mass is 35.5. The smallest absolute Gasteiger partial charge is 0.261 e. The molecule has 0 bridgehead atoms. The minimum Gasteiger partial charge on any atom is -0.326 e. The molecule has 1 fully saturated rings. The molecule has 1 amide bonds. The number of hydrogen-bond acceptors (Lipinski definition) is 5. The van der Waals surface area contributed by atoms with E-state index >= 15 is 0 Å². The second-order valence-electron chi connectivity index (χ2n) is 9.20. The van der Waals surface area contributed by atoms with Crippen molar-refractivity contribution in [3.05, 3.63) is 89.4 Å². The first kappa shape index (κ1) is 28.1. The van der Waals surface area contributed by atoms with Crippen LogP contribution in [0.4, 0.5) is 11.4 Å². The van der Waals surface area contributed by atoms with Crippen LogP contribution in [0.3, 0.4) is 0 Å². The fourth-order valence-electron chi connectivity index (χ4n) is 4.35. The lowest BCUT2D eigenvalue weighted by molar-refractivity contribution is -0.120. The molecular formula is C27H30ClN3O5S2. The zero-order valence-corrected chi connectivity index (χ0v) is 23.1. The van der Waals surface area contributed by atoms with E-state index < -0.39 is 26.0 Å². The average molecular weight is 576 g/mol. The van der Waals surface area contributed by atoms with Gasteiger partial charge in [0.1, 0.15) is 0 Å². The van der Waals surface area contributed by atoms with Crippen molar-refractivity contribution in [2.24, 2.45) is 5.92 Å². The second-order valence-corrected chi connectivity index (χ2v) is 13.4. The summed E-state index contributed by atoms with van der Waals surface area (Å²) in [5, 5.41) is 3.07. The summed E-state index contributed by atoms with van der Waals surface area (Å²) in [5.41, 5.74) is 1.79. The van der Waals surface area contributed by atoms with E-state index in [0.717, 1.165) is 5.56 Å². The van der Waals surface area contributed by atoms with E-state index in [4.69, 9.17) is 11.6 Å². The topological polar surface area (TPSA) is 113 Å². The lowest BCUT2D eigenvalue weighted by Gasteiger charge is -2.31. The molecule has 1 saturated heterocycles. The number of benzene rings is 3. The number of carbonyl (C=O) groups excluding carboxylic acids is 1. The zero-order valence-electron chi connectivity index (χ0n) is 20.7. The molecule has 2 N–H and O–H groups in total. The number of sulfonamides is 2. The molecule has 3 aromatic rings. The Morgan fingerprint density at radius 3 is 2.32 bits per heavy atom. The molecule has 1 atom stereocenters. The molecule has 1 heterocycles. The minimum atomic E-state index is -3.87. The van der Waals surface area contributed by atoms with Crippen molar-refractivity contribution in [2.75, 3.05) is 28.9 Å². The van der Waals surface area contributed by atoms with E-state index in [1.807, 2.05) is 30.3 Å². The Hall–Kier alpha value is -2.92. The molecular weight excluding hydrogens is 546 g/mol. The summed E-state index contributed by atoms with van der Waals surface area (Å²) >= 11 is 6.05. The summed E-state index contributed by atoms with van der Waals surface area (Å²) in [6.07, 6.45) is 2.37. The number of piperidine rings is 1. The van der Waals surface area contributed by atoms with Crippen molar-refractivity contribution in [1.29, 1.82) is 0 Å². The fourth-order valence-corrected chi connectivity index (χ4v) is 7.25. The highest BCUT2D eigenvalue weighted by molar-refractivity contribution is 7.92. The van der Waals surface area contributed by atoms with Crippen LogP contribution < -0.4 is 10.0 Å². The minimum absolute atomic E-state index is 0.0147. The maximum absolute atomic E-state index is 12.9. The molecule has 202 valence electrons. The van der Waals surface area contributed by atoms with E-state index in [1.165, 1.54) is 28.6 Å². The highest BCUT2D eigenvalue weighted by Gasteiger charge is 2.32. The van der Waals surface area contributed by atoms with Gasteiger partial charge in [-0.25, -0.2) is 21.1 Å².